The molecule has 2 nitrogen and oxygen atoms in total. The summed E-state index contributed by atoms with van der Waals surface area (Å²) in [5.41, 5.74) is 2.99. The minimum atomic E-state index is 0.171. The van der Waals surface area contributed by atoms with Crippen molar-refractivity contribution in [2.75, 3.05) is 12.3 Å². The van der Waals surface area contributed by atoms with Crippen molar-refractivity contribution in [2.24, 2.45) is 0 Å². The van der Waals surface area contributed by atoms with E-state index in [0.29, 0.717) is 6.04 Å². The lowest BCUT2D eigenvalue weighted by molar-refractivity contribution is 0.204. The van der Waals surface area contributed by atoms with Crippen LogP contribution in [-0.2, 0) is 13.1 Å². The zero-order valence-electron chi connectivity index (χ0n) is 14.1. The molecule has 0 aliphatic carbocycles. The number of hydrogen-bond acceptors (Lipinski definition) is 3. The molecule has 0 aromatic heterocycles. The molecule has 0 amide bonds. The van der Waals surface area contributed by atoms with Crippen molar-refractivity contribution >= 4 is 11.8 Å². The Morgan fingerprint density at radius 3 is 2.67 bits per heavy atom. The second kappa shape index (κ2) is 7.17. The van der Waals surface area contributed by atoms with Gasteiger partial charge < -0.3 is 5.32 Å². The van der Waals surface area contributed by atoms with Crippen LogP contribution >= 0.6 is 11.8 Å². The van der Waals surface area contributed by atoms with Crippen molar-refractivity contribution in [3.63, 3.8) is 0 Å². The highest BCUT2D eigenvalue weighted by Crippen LogP contribution is 2.25. The van der Waals surface area contributed by atoms with Crippen molar-refractivity contribution in [3.8, 4) is 0 Å². The Morgan fingerprint density at radius 2 is 1.95 bits per heavy atom. The van der Waals surface area contributed by atoms with Crippen LogP contribution in [0.5, 0.6) is 0 Å². The minimum Gasteiger partial charge on any atom is -0.308 e. The fourth-order valence-electron chi connectivity index (χ4n) is 2.66. The summed E-state index contributed by atoms with van der Waals surface area (Å²) >= 11 is 2.10. The summed E-state index contributed by atoms with van der Waals surface area (Å²) in [5.74, 6) is 1.26. The number of benzene rings is 1. The van der Waals surface area contributed by atoms with Crippen molar-refractivity contribution in [2.45, 2.75) is 64.5 Å². The van der Waals surface area contributed by atoms with Crippen LogP contribution < -0.4 is 5.32 Å². The van der Waals surface area contributed by atoms with Crippen LogP contribution in [0.15, 0.2) is 24.3 Å². The predicted molar refractivity (Wildman–Crippen MR) is 94.8 cm³/mol. The average Bonchev–Trinajstić information content (AvgIpc) is 2.41. The van der Waals surface area contributed by atoms with Crippen LogP contribution in [0.2, 0.25) is 0 Å². The van der Waals surface area contributed by atoms with E-state index in [0.717, 1.165) is 18.3 Å². The molecule has 21 heavy (non-hydrogen) atoms. The lowest BCUT2D eigenvalue weighted by Gasteiger charge is -2.37. The second-order valence-electron chi connectivity index (χ2n) is 7.21. The van der Waals surface area contributed by atoms with Gasteiger partial charge in [0, 0.05) is 42.2 Å². The van der Waals surface area contributed by atoms with E-state index in [1.165, 1.54) is 23.4 Å². The summed E-state index contributed by atoms with van der Waals surface area (Å²) in [6.45, 7) is 14.6. The van der Waals surface area contributed by atoms with Crippen molar-refractivity contribution < 1.29 is 0 Å². The lowest BCUT2D eigenvalue weighted by Crippen LogP contribution is -2.43. The van der Waals surface area contributed by atoms with Gasteiger partial charge in [0.15, 0.2) is 0 Å². The highest BCUT2D eigenvalue weighted by atomic mass is 32.2. The first-order chi connectivity index (χ1) is 9.85. The van der Waals surface area contributed by atoms with E-state index in [1.807, 2.05) is 0 Å². The molecule has 118 valence electrons. The summed E-state index contributed by atoms with van der Waals surface area (Å²) < 4.78 is 0. The number of thioether (sulfide) groups is 1. The molecule has 1 saturated heterocycles. The van der Waals surface area contributed by atoms with Gasteiger partial charge >= 0.3 is 0 Å². The highest BCUT2D eigenvalue weighted by Gasteiger charge is 2.24. The molecule has 0 saturated carbocycles. The van der Waals surface area contributed by atoms with Crippen LogP contribution in [0.3, 0.4) is 0 Å². The molecule has 2 atom stereocenters. The third-order valence-electron chi connectivity index (χ3n) is 4.21. The first-order valence-electron chi connectivity index (χ1n) is 8.04. The SMILES string of the molecule is CC1SCCN(Cc2cccc(CNC(C)(C)C)c2)C1C. The Labute approximate surface area is 134 Å². The lowest BCUT2D eigenvalue weighted by atomic mass is 10.1. The number of nitrogens with one attached hydrogen (secondary N) is 1. The predicted octanol–water partition coefficient (Wildman–Crippen LogP) is 3.90. The van der Waals surface area contributed by atoms with Gasteiger partial charge in [-0.1, -0.05) is 31.2 Å². The van der Waals surface area contributed by atoms with E-state index in [9.17, 15) is 0 Å². The first-order valence-corrected chi connectivity index (χ1v) is 9.08. The molecule has 1 aromatic rings. The van der Waals surface area contributed by atoms with Gasteiger partial charge in [-0.3, -0.25) is 4.90 Å². The summed E-state index contributed by atoms with van der Waals surface area (Å²) in [5, 5.41) is 4.31. The molecule has 1 aromatic carbocycles. The Morgan fingerprint density at radius 1 is 1.24 bits per heavy atom. The third-order valence-corrected chi connectivity index (χ3v) is 5.55. The van der Waals surface area contributed by atoms with E-state index < -0.39 is 0 Å². The smallest absolute Gasteiger partial charge is 0.0237 e. The molecule has 3 heteroatoms. The second-order valence-corrected chi connectivity index (χ2v) is 8.70. The van der Waals surface area contributed by atoms with Crippen LogP contribution in [0.25, 0.3) is 0 Å². The van der Waals surface area contributed by atoms with Gasteiger partial charge in [0.25, 0.3) is 0 Å². The Hall–Kier alpha value is -0.510. The molecule has 0 radical (unpaired) electrons. The summed E-state index contributed by atoms with van der Waals surface area (Å²) in [4.78, 5) is 2.62. The van der Waals surface area contributed by atoms with Gasteiger partial charge in [-0.15, -0.1) is 0 Å². The molecule has 1 heterocycles. The molecule has 1 aliphatic rings. The summed E-state index contributed by atoms with van der Waals surface area (Å²) in [7, 11) is 0. The van der Waals surface area contributed by atoms with Crippen molar-refractivity contribution in [3.05, 3.63) is 35.4 Å². The molecule has 1 N–H and O–H groups in total. The number of nitrogens with zero attached hydrogens (tertiary/aromatic N) is 1. The van der Waals surface area contributed by atoms with Crippen LogP contribution in [-0.4, -0.2) is 34.0 Å². The molecule has 0 bridgehead atoms. The molecule has 1 fully saturated rings. The molecule has 2 unspecified atom stereocenters. The topological polar surface area (TPSA) is 15.3 Å². The van der Waals surface area contributed by atoms with Crippen molar-refractivity contribution in [1.82, 2.24) is 10.2 Å². The molecular formula is C18H30N2S. The van der Waals surface area contributed by atoms with E-state index in [-0.39, 0.29) is 5.54 Å². The van der Waals surface area contributed by atoms with Crippen LogP contribution in [0.4, 0.5) is 0 Å². The Kier molecular flexibility index (Phi) is 5.75. The highest BCUT2D eigenvalue weighted by molar-refractivity contribution is 8.00. The maximum atomic E-state index is 3.57. The number of rotatable bonds is 4. The van der Waals surface area contributed by atoms with E-state index in [2.05, 4.69) is 80.9 Å². The Balaban J connectivity index is 1.97. The van der Waals surface area contributed by atoms with Gasteiger partial charge in [0.05, 0.1) is 0 Å². The first kappa shape index (κ1) is 16.9. The maximum Gasteiger partial charge on any atom is 0.0237 e. The number of hydrogen-bond donors (Lipinski definition) is 1. The fraction of sp³-hybridized carbons (Fsp3) is 0.667. The van der Waals surface area contributed by atoms with E-state index >= 15 is 0 Å². The molecule has 0 spiro atoms. The van der Waals surface area contributed by atoms with E-state index in [4.69, 9.17) is 0 Å². The standard InChI is InChI=1S/C18H30N2S/c1-14-15(2)21-10-9-20(14)13-17-8-6-7-16(11-17)12-19-18(3,4)5/h6-8,11,14-15,19H,9-10,12-13H2,1-5H3. The molecule has 2 rings (SSSR count). The van der Waals surface area contributed by atoms with Gasteiger partial charge in [0.2, 0.25) is 0 Å². The summed E-state index contributed by atoms with van der Waals surface area (Å²) in [6.07, 6.45) is 0. The largest absolute Gasteiger partial charge is 0.308 e. The zero-order valence-corrected chi connectivity index (χ0v) is 15.0. The quantitative estimate of drug-likeness (QED) is 0.908. The van der Waals surface area contributed by atoms with Gasteiger partial charge in [-0.25, -0.2) is 0 Å². The van der Waals surface area contributed by atoms with Crippen molar-refractivity contribution in [1.29, 1.82) is 0 Å². The Bertz CT molecular complexity index is 453. The van der Waals surface area contributed by atoms with E-state index in [1.54, 1.807) is 0 Å². The minimum absolute atomic E-state index is 0.171. The average molecular weight is 307 g/mol. The van der Waals surface area contributed by atoms with Crippen LogP contribution in [0, 0.1) is 0 Å². The summed E-state index contributed by atoms with van der Waals surface area (Å²) in [6, 6.07) is 9.71. The molecule has 1 aliphatic heterocycles. The molecular weight excluding hydrogens is 276 g/mol. The van der Waals surface area contributed by atoms with Crippen LogP contribution in [0.1, 0.15) is 45.7 Å². The third kappa shape index (κ3) is 5.32. The van der Waals surface area contributed by atoms with Gasteiger partial charge in [-0.2, -0.15) is 11.8 Å². The maximum absolute atomic E-state index is 3.57. The monoisotopic (exact) mass is 306 g/mol. The normalized spacial score (nSPS) is 24.2. The van der Waals surface area contributed by atoms with Gasteiger partial charge in [-0.05, 0) is 38.8 Å². The fourth-order valence-corrected chi connectivity index (χ4v) is 3.82. The van der Waals surface area contributed by atoms with Gasteiger partial charge in [0.1, 0.15) is 0 Å². The zero-order chi connectivity index (χ0) is 15.5.